The van der Waals surface area contributed by atoms with Crippen molar-refractivity contribution in [3.05, 3.63) is 71.8 Å². The highest BCUT2D eigenvalue weighted by Gasteiger charge is 2.60. The molecule has 2 aromatic rings. The summed E-state index contributed by atoms with van der Waals surface area (Å²) >= 11 is 0. The van der Waals surface area contributed by atoms with Gasteiger partial charge in [0, 0.05) is 0 Å². The highest BCUT2D eigenvalue weighted by molar-refractivity contribution is 5.92. The molecular weight excluding hydrogens is 368 g/mol. The van der Waals surface area contributed by atoms with E-state index in [0.29, 0.717) is 0 Å². The van der Waals surface area contributed by atoms with Gasteiger partial charge in [0.1, 0.15) is 6.10 Å². The van der Waals surface area contributed by atoms with E-state index in [2.05, 4.69) is 0 Å². The van der Waals surface area contributed by atoms with Gasteiger partial charge in [-0.2, -0.15) is 0 Å². The van der Waals surface area contributed by atoms with Crippen LogP contribution in [-0.2, 0) is 23.7 Å². The molecule has 2 aromatic carbocycles. The lowest BCUT2D eigenvalue weighted by Gasteiger charge is -2.18. The summed E-state index contributed by atoms with van der Waals surface area (Å²) in [5.74, 6) is -2.26. The molecule has 0 spiro atoms. The predicted molar refractivity (Wildman–Crippen MR) is 92.1 cm³/mol. The first-order valence-corrected chi connectivity index (χ1v) is 8.60. The number of aliphatic hydroxyl groups is 1. The molecule has 2 fully saturated rings. The van der Waals surface area contributed by atoms with E-state index in [4.69, 9.17) is 18.9 Å². The number of hydrogen-bond donors (Lipinski definition) is 1. The van der Waals surface area contributed by atoms with E-state index in [9.17, 15) is 19.5 Å². The van der Waals surface area contributed by atoms with Crippen LogP contribution in [0.3, 0.4) is 0 Å². The SMILES string of the molecule is O=C(O[C@@H]1C(=O)O[C@H]2[C@@H]1OC(O)[C@@H]2OC(=O)c1ccccc1)c1ccccc1. The van der Waals surface area contributed by atoms with E-state index in [0.717, 1.165) is 0 Å². The maximum Gasteiger partial charge on any atom is 0.350 e. The van der Waals surface area contributed by atoms with E-state index in [1.165, 1.54) is 12.1 Å². The minimum Gasteiger partial charge on any atom is -0.452 e. The summed E-state index contributed by atoms with van der Waals surface area (Å²) in [5.41, 5.74) is 0.527. The van der Waals surface area contributed by atoms with Gasteiger partial charge in [0.25, 0.3) is 0 Å². The van der Waals surface area contributed by atoms with Crippen LogP contribution in [0.2, 0.25) is 0 Å². The second-order valence-electron chi connectivity index (χ2n) is 6.32. The van der Waals surface area contributed by atoms with Gasteiger partial charge < -0.3 is 24.1 Å². The fraction of sp³-hybridized carbons (Fsp3) is 0.250. The number of carbonyl (C=O) groups excluding carboxylic acids is 3. The first kappa shape index (κ1) is 18.1. The third-order valence-corrected chi connectivity index (χ3v) is 4.50. The number of benzene rings is 2. The van der Waals surface area contributed by atoms with Gasteiger partial charge in [-0.15, -0.1) is 0 Å². The molecule has 0 amide bonds. The zero-order chi connectivity index (χ0) is 19.7. The van der Waals surface area contributed by atoms with Crippen molar-refractivity contribution in [2.75, 3.05) is 0 Å². The van der Waals surface area contributed by atoms with Crippen LogP contribution >= 0.6 is 0 Å². The Morgan fingerprint density at radius 2 is 1.36 bits per heavy atom. The van der Waals surface area contributed by atoms with Crippen molar-refractivity contribution >= 4 is 17.9 Å². The van der Waals surface area contributed by atoms with E-state index in [-0.39, 0.29) is 11.1 Å². The minimum atomic E-state index is -1.52. The topological polar surface area (TPSA) is 108 Å². The molecule has 2 saturated heterocycles. The van der Waals surface area contributed by atoms with Crippen LogP contribution in [0.4, 0.5) is 0 Å². The van der Waals surface area contributed by atoms with E-state index >= 15 is 0 Å². The van der Waals surface area contributed by atoms with Crippen molar-refractivity contribution in [1.82, 2.24) is 0 Å². The molecule has 2 heterocycles. The summed E-state index contributed by atoms with van der Waals surface area (Å²) in [4.78, 5) is 36.6. The Kier molecular flexibility index (Phi) is 4.81. The number of aliphatic hydroxyl groups excluding tert-OH is 1. The largest absolute Gasteiger partial charge is 0.452 e. The van der Waals surface area contributed by atoms with Crippen LogP contribution in [0.25, 0.3) is 0 Å². The molecule has 1 unspecified atom stereocenters. The van der Waals surface area contributed by atoms with Gasteiger partial charge in [0.15, 0.2) is 18.5 Å². The molecular formula is C20H16O8. The predicted octanol–water partition coefficient (Wildman–Crippen LogP) is 1.08. The number of rotatable bonds is 4. The fourth-order valence-corrected chi connectivity index (χ4v) is 3.14. The number of ether oxygens (including phenoxy) is 4. The fourth-order valence-electron chi connectivity index (χ4n) is 3.14. The number of hydrogen-bond acceptors (Lipinski definition) is 8. The molecule has 0 aliphatic carbocycles. The van der Waals surface area contributed by atoms with Crippen molar-refractivity contribution in [2.24, 2.45) is 0 Å². The minimum absolute atomic E-state index is 0.254. The van der Waals surface area contributed by atoms with Crippen LogP contribution in [0, 0.1) is 0 Å². The molecule has 0 bridgehead atoms. The lowest BCUT2D eigenvalue weighted by molar-refractivity contribution is -0.169. The smallest absolute Gasteiger partial charge is 0.350 e. The standard InChI is InChI=1S/C20H16O8/c21-17(11-7-3-1-4-8-11)27-15-13-14(26-19(15)23)16(20(24)25-13)28-18(22)12-9-5-2-6-10-12/h1-10,13-16,19,23H/t13-,14-,15+,16-,19?/m0/s1. The Bertz CT molecular complexity index is 882. The molecule has 4 rings (SSSR count). The Morgan fingerprint density at radius 1 is 0.821 bits per heavy atom. The highest BCUT2D eigenvalue weighted by atomic mass is 16.7. The third kappa shape index (κ3) is 3.35. The molecule has 28 heavy (non-hydrogen) atoms. The molecule has 144 valence electrons. The van der Waals surface area contributed by atoms with Crippen molar-refractivity contribution < 1.29 is 38.4 Å². The molecule has 0 saturated carbocycles. The lowest BCUT2D eigenvalue weighted by atomic mass is 10.1. The quantitative estimate of drug-likeness (QED) is 0.616. The number of esters is 3. The molecule has 2 aliphatic heterocycles. The maximum atomic E-state index is 12.2. The van der Waals surface area contributed by atoms with E-state index < -0.39 is 48.6 Å². The summed E-state index contributed by atoms with van der Waals surface area (Å²) in [6.07, 6.45) is -6.28. The molecule has 8 heteroatoms. The Hall–Kier alpha value is -3.23. The van der Waals surface area contributed by atoms with Gasteiger partial charge in [0.2, 0.25) is 6.10 Å². The summed E-state index contributed by atoms with van der Waals surface area (Å²) in [6, 6.07) is 16.3. The lowest BCUT2D eigenvalue weighted by Crippen LogP contribution is -2.37. The van der Waals surface area contributed by atoms with Crippen LogP contribution in [0.1, 0.15) is 20.7 Å². The zero-order valence-electron chi connectivity index (χ0n) is 14.5. The number of carbonyl (C=O) groups is 3. The first-order chi connectivity index (χ1) is 13.5. The molecule has 8 nitrogen and oxygen atoms in total. The Labute approximate surface area is 159 Å². The highest BCUT2D eigenvalue weighted by Crippen LogP contribution is 2.35. The van der Waals surface area contributed by atoms with Crippen molar-refractivity contribution in [2.45, 2.75) is 30.7 Å². The van der Waals surface area contributed by atoms with Gasteiger partial charge in [-0.05, 0) is 24.3 Å². The van der Waals surface area contributed by atoms with Gasteiger partial charge >= 0.3 is 17.9 Å². The van der Waals surface area contributed by atoms with Crippen molar-refractivity contribution in [3.8, 4) is 0 Å². The molecule has 5 atom stereocenters. The summed E-state index contributed by atoms with van der Waals surface area (Å²) < 4.78 is 21.0. The van der Waals surface area contributed by atoms with Crippen LogP contribution < -0.4 is 0 Å². The van der Waals surface area contributed by atoms with Gasteiger partial charge in [0.05, 0.1) is 11.1 Å². The van der Waals surface area contributed by atoms with Gasteiger partial charge in [-0.3, -0.25) is 0 Å². The average molecular weight is 384 g/mol. The Morgan fingerprint density at radius 3 is 1.93 bits per heavy atom. The second-order valence-corrected chi connectivity index (χ2v) is 6.32. The van der Waals surface area contributed by atoms with Gasteiger partial charge in [-0.1, -0.05) is 36.4 Å². The maximum absolute atomic E-state index is 12.2. The first-order valence-electron chi connectivity index (χ1n) is 8.60. The Balaban J connectivity index is 1.46. The van der Waals surface area contributed by atoms with Crippen LogP contribution in [0.5, 0.6) is 0 Å². The van der Waals surface area contributed by atoms with E-state index in [1.54, 1.807) is 48.5 Å². The van der Waals surface area contributed by atoms with E-state index in [1.807, 2.05) is 0 Å². The zero-order valence-corrected chi connectivity index (χ0v) is 14.5. The molecule has 1 N–H and O–H groups in total. The van der Waals surface area contributed by atoms with Gasteiger partial charge in [-0.25, -0.2) is 14.4 Å². The van der Waals surface area contributed by atoms with Crippen LogP contribution in [0.15, 0.2) is 60.7 Å². The number of fused-ring (bicyclic) bond motifs is 1. The summed E-state index contributed by atoms with van der Waals surface area (Å²) in [6.45, 7) is 0. The van der Waals surface area contributed by atoms with Crippen molar-refractivity contribution in [1.29, 1.82) is 0 Å². The summed E-state index contributed by atoms with van der Waals surface area (Å²) in [5, 5.41) is 10.1. The monoisotopic (exact) mass is 384 g/mol. The van der Waals surface area contributed by atoms with Crippen LogP contribution in [-0.4, -0.2) is 53.7 Å². The average Bonchev–Trinajstić information content (AvgIpc) is 3.18. The molecule has 0 radical (unpaired) electrons. The molecule has 0 aromatic heterocycles. The summed E-state index contributed by atoms with van der Waals surface area (Å²) in [7, 11) is 0. The van der Waals surface area contributed by atoms with Crippen molar-refractivity contribution in [3.63, 3.8) is 0 Å². The second kappa shape index (κ2) is 7.41. The normalized spacial score (nSPS) is 28.3. The molecule has 2 aliphatic rings. The third-order valence-electron chi connectivity index (χ3n) is 4.50.